The van der Waals surface area contributed by atoms with Crippen molar-refractivity contribution in [3.63, 3.8) is 0 Å². The maximum Gasteiger partial charge on any atom is 0.364 e. The Labute approximate surface area is 142 Å². The molecule has 0 amide bonds. The molecule has 1 unspecified atom stereocenters. The second kappa shape index (κ2) is 7.58. The Morgan fingerprint density at radius 1 is 1.33 bits per heavy atom. The molecule has 0 bridgehead atoms. The molecule has 0 radical (unpaired) electrons. The predicted octanol–water partition coefficient (Wildman–Crippen LogP) is 3.37. The van der Waals surface area contributed by atoms with E-state index in [2.05, 4.69) is 4.72 Å². The van der Waals surface area contributed by atoms with Crippen molar-refractivity contribution in [2.45, 2.75) is 44.2 Å². The zero-order chi connectivity index (χ0) is 18.7. The molecule has 1 aromatic carbocycles. The third kappa shape index (κ3) is 4.75. The van der Waals surface area contributed by atoms with Crippen LogP contribution in [0.25, 0.3) is 0 Å². The first-order valence-corrected chi connectivity index (χ1v) is 8.24. The molecule has 0 saturated carbocycles. The minimum absolute atomic E-state index is 0.190. The van der Waals surface area contributed by atoms with Crippen LogP contribution in [0.1, 0.15) is 33.3 Å². The highest BCUT2D eigenvalue weighted by Gasteiger charge is 2.44. The average molecular weight is 363 g/mol. The molecule has 0 aliphatic rings. The van der Waals surface area contributed by atoms with Crippen molar-refractivity contribution in [3.8, 4) is 0 Å². The summed E-state index contributed by atoms with van der Waals surface area (Å²) in [7, 11) is 0. The van der Waals surface area contributed by atoms with E-state index in [1.807, 2.05) is 0 Å². The second-order valence-electron chi connectivity index (χ2n) is 6.39. The Kier molecular flexibility index (Phi) is 6.49. The highest BCUT2D eigenvalue weighted by atomic mass is 32.2. The van der Waals surface area contributed by atoms with Crippen LogP contribution in [-0.4, -0.2) is 26.5 Å². The van der Waals surface area contributed by atoms with Crippen molar-refractivity contribution in [3.05, 3.63) is 47.5 Å². The topological polar surface area (TPSA) is 72.4 Å². The summed E-state index contributed by atoms with van der Waals surface area (Å²) in [5.41, 5.74) is -2.12. The van der Waals surface area contributed by atoms with E-state index in [0.29, 0.717) is 0 Å². The molecule has 0 saturated heterocycles. The number of carboxylic acid groups (broad SMARTS) is 1. The lowest BCUT2D eigenvalue weighted by molar-refractivity contribution is -0.134. The summed E-state index contributed by atoms with van der Waals surface area (Å²) < 4.78 is 56.3. The molecule has 0 fully saturated rings. The third-order valence-electron chi connectivity index (χ3n) is 3.34. The second-order valence-corrected chi connectivity index (χ2v) is 8.35. The number of hydrogen-bond acceptors (Lipinski definition) is 3. The van der Waals surface area contributed by atoms with E-state index in [0.717, 1.165) is 6.07 Å². The van der Waals surface area contributed by atoms with Crippen molar-refractivity contribution in [2.75, 3.05) is 0 Å². The van der Waals surface area contributed by atoms with Crippen LogP contribution in [0.5, 0.6) is 0 Å². The molecule has 8 heteroatoms. The van der Waals surface area contributed by atoms with Gasteiger partial charge in [0.05, 0.1) is 0 Å². The van der Waals surface area contributed by atoms with Gasteiger partial charge in [0.15, 0.2) is 0 Å². The quantitative estimate of drug-likeness (QED) is 0.600. The zero-order valence-corrected chi connectivity index (χ0v) is 14.6. The van der Waals surface area contributed by atoms with Gasteiger partial charge < -0.3 is 9.66 Å². The van der Waals surface area contributed by atoms with Gasteiger partial charge in [0, 0.05) is 16.9 Å². The van der Waals surface area contributed by atoms with Gasteiger partial charge in [-0.1, -0.05) is 18.2 Å². The van der Waals surface area contributed by atoms with Gasteiger partial charge in [-0.15, -0.1) is 4.72 Å². The van der Waals surface area contributed by atoms with E-state index in [9.17, 15) is 22.5 Å². The number of hydrogen-bond donors (Lipinski definition) is 2. The molecule has 1 aromatic rings. The van der Waals surface area contributed by atoms with Gasteiger partial charge in [0.1, 0.15) is 22.3 Å². The maximum atomic E-state index is 14.7. The molecular formula is C16H20F3NO3S. The minimum atomic E-state index is -2.28. The highest BCUT2D eigenvalue weighted by Crippen LogP contribution is 2.33. The van der Waals surface area contributed by atoms with Gasteiger partial charge in [0.2, 0.25) is 5.83 Å². The van der Waals surface area contributed by atoms with Gasteiger partial charge >= 0.3 is 5.97 Å². The van der Waals surface area contributed by atoms with Gasteiger partial charge in [-0.2, -0.15) is 4.39 Å². The molecule has 24 heavy (non-hydrogen) atoms. The fraction of sp³-hybridized carbons (Fsp3) is 0.438. The number of carbonyl (C=O) groups is 1. The number of benzene rings is 1. The van der Waals surface area contributed by atoms with Crippen LogP contribution in [0.4, 0.5) is 13.2 Å². The van der Waals surface area contributed by atoms with Gasteiger partial charge in [0.25, 0.3) is 0 Å². The predicted molar refractivity (Wildman–Crippen MR) is 86.5 cm³/mol. The summed E-state index contributed by atoms with van der Waals surface area (Å²) in [6.45, 7) is 6.07. The summed E-state index contributed by atoms with van der Waals surface area (Å²) in [6.07, 6.45) is -2.06. The lowest BCUT2D eigenvalue weighted by atomic mass is 9.87. The van der Waals surface area contributed by atoms with Crippen molar-refractivity contribution in [1.29, 1.82) is 0 Å². The first-order valence-electron chi connectivity index (χ1n) is 7.09. The van der Waals surface area contributed by atoms with Crippen molar-refractivity contribution >= 4 is 17.3 Å². The zero-order valence-electron chi connectivity index (χ0n) is 13.8. The van der Waals surface area contributed by atoms with Gasteiger partial charge in [-0.25, -0.2) is 13.6 Å². The SMILES string of the molecule is CC(C)(C)[S+]([O-])N[C@](C)(c1ccccc1F)[C@H](F)/C=C(\F)C(=O)O. The number of rotatable bonds is 6. The Morgan fingerprint density at radius 3 is 2.33 bits per heavy atom. The summed E-state index contributed by atoms with van der Waals surface area (Å²) in [5.74, 6) is -4.44. The average Bonchev–Trinajstić information content (AvgIpc) is 2.46. The van der Waals surface area contributed by atoms with Crippen LogP contribution in [0.3, 0.4) is 0 Å². The monoisotopic (exact) mass is 363 g/mol. The van der Waals surface area contributed by atoms with Gasteiger partial charge in [-0.3, -0.25) is 0 Å². The number of alkyl halides is 1. The number of nitrogens with one attached hydrogen (secondary N) is 1. The van der Waals surface area contributed by atoms with Gasteiger partial charge in [-0.05, 0) is 39.8 Å². The molecule has 0 heterocycles. The Hall–Kier alpha value is -1.51. The molecule has 2 N–H and O–H groups in total. The molecular weight excluding hydrogens is 343 g/mol. The number of halogens is 3. The van der Waals surface area contributed by atoms with E-state index in [4.69, 9.17) is 5.11 Å². The Bertz CT molecular complexity index is 633. The van der Waals surface area contributed by atoms with E-state index < -0.39 is 45.4 Å². The third-order valence-corrected chi connectivity index (χ3v) is 5.06. The lowest BCUT2D eigenvalue weighted by Gasteiger charge is -2.36. The summed E-state index contributed by atoms with van der Waals surface area (Å²) >= 11 is -1.82. The van der Waals surface area contributed by atoms with E-state index in [1.165, 1.54) is 25.1 Å². The highest BCUT2D eigenvalue weighted by molar-refractivity contribution is 7.90. The molecule has 0 aromatic heterocycles. The largest absolute Gasteiger partial charge is 0.598 e. The summed E-state index contributed by atoms with van der Waals surface area (Å²) in [6, 6.07) is 5.18. The molecule has 0 aliphatic heterocycles. The fourth-order valence-corrected chi connectivity index (χ4v) is 2.77. The van der Waals surface area contributed by atoms with E-state index in [1.54, 1.807) is 20.8 Å². The van der Waals surface area contributed by atoms with Crippen LogP contribution in [0.15, 0.2) is 36.2 Å². The van der Waals surface area contributed by atoms with Crippen molar-refractivity contribution in [2.24, 2.45) is 0 Å². The van der Waals surface area contributed by atoms with E-state index in [-0.39, 0.29) is 11.6 Å². The molecule has 3 atom stereocenters. The van der Waals surface area contributed by atoms with Crippen LogP contribution >= 0.6 is 0 Å². The van der Waals surface area contributed by atoms with Crippen LogP contribution < -0.4 is 4.72 Å². The van der Waals surface area contributed by atoms with Crippen LogP contribution in [0, 0.1) is 5.82 Å². The number of carboxylic acids is 1. The standard InChI is InChI=1S/C16H20F3NO3S/c1-15(2,3)24(23)20-16(4,10-7-5-6-8-11(10)17)13(19)9-12(18)14(21)22/h5-9,13,20H,1-4H3,(H,21,22)/b12-9-/t13-,16-,24?/m1/s1. The molecule has 4 nitrogen and oxygen atoms in total. The number of aliphatic carboxylic acids is 1. The minimum Gasteiger partial charge on any atom is -0.598 e. The Morgan fingerprint density at radius 2 is 1.88 bits per heavy atom. The smallest absolute Gasteiger partial charge is 0.364 e. The molecule has 0 spiro atoms. The van der Waals surface area contributed by atoms with Crippen molar-refractivity contribution in [1.82, 2.24) is 4.72 Å². The first-order chi connectivity index (χ1) is 10.9. The van der Waals surface area contributed by atoms with Crippen LogP contribution in [-0.2, 0) is 21.7 Å². The first kappa shape index (κ1) is 20.5. The van der Waals surface area contributed by atoms with Crippen molar-refractivity contribution < 1.29 is 27.6 Å². The van der Waals surface area contributed by atoms with E-state index >= 15 is 0 Å². The molecule has 0 aliphatic carbocycles. The lowest BCUT2D eigenvalue weighted by Crippen LogP contribution is -2.54. The maximum absolute atomic E-state index is 14.7. The summed E-state index contributed by atoms with van der Waals surface area (Å²) in [5, 5.41) is 8.57. The van der Waals surface area contributed by atoms with Crippen LogP contribution in [0.2, 0.25) is 0 Å². The molecule has 134 valence electrons. The molecule has 1 rings (SSSR count). The Balaban J connectivity index is 3.39. The fourth-order valence-electron chi connectivity index (χ4n) is 1.85. The summed E-state index contributed by atoms with van der Waals surface area (Å²) in [4.78, 5) is 10.6. The normalized spacial score (nSPS) is 17.9.